The van der Waals surface area contributed by atoms with E-state index in [0.717, 1.165) is 31.4 Å². The van der Waals surface area contributed by atoms with Crippen LogP contribution in [0.15, 0.2) is 12.1 Å². The smallest absolute Gasteiger partial charge is 0.194 e. The summed E-state index contributed by atoms with van der Waals surface area (Å²) < 4.78 is 38.5. The van der Waals surface area contributed by atoms with Gasteiger partial charge >= 0.3 is 0 Å². The van der Waals surface area contributed by atoms with Gasteiger partial charge in [-0.25, -0.2) is 13.2 Å². The maximum atomic E-state index is 12.9. The van der Waals surface area contributed by atoms with E-state index < -0.39 is 23.5 Å². The molecule has 0 aliphatic rings. The van der Waals surface area contributed by atoms with Crippen molar-refractivity contribution in [2.45, 2.75) is 38.6 Å². The SMILES string of the molecule is CCCCC[C@H](N)c1cc(F)c(F)c(F)c1. The van der Waals surface area contributed by atoms with Crippen LogP contribution in [0.5, 0.6) is 0 Å². The van der Waals surface area contributed by atoms with Crippen molar-refractivity contribution in [3.63, 3.8) is 0 Å². The summed E-state index contributed by atoms with van der Waals surface area (Å²) in [4.78, 5) is 0. The molecule has 0 aliphatic carbocycles. The molecule has 1 atom stereocenters. The van der Waals surface area contributed by atoms with Crippen molar-refractivity contribution in [1.82, 2.24) is 0 Å². The van der Waals surface area contributed by atoms with Crippen LogP contribution in [-0.2, 0) is 0 Å². The van der Waals surface area contributed by atoms with E-state index in [1.54, 1.807) is 0 Å². The number of rotatable bonds is 5. The first-order valence-corrected chi connectivity index (χ1v) is 5.46. The van der Waals surface area contributed by atoms with Crippen LogP contribution in [0.4, 0.5) is 13.2 Å². The molecule has 2 N–H and O–H groups in total. The van der Waals surface area contributed by atoms with Crippen molar-refractivity contribution >= 4 is 0 Å². The number of hydrogen-bond acceptors (Lipinski definition) is 1. The maximum Gasteiger partial charge on any atom is 0.194 e. The zero-order valence-electron chi connectivity index (χ0n) is 9.27. The van der Waals surface area contributed by atoms with Crippen LogP contribution in [0.2, 0.25) is 0 Å². The van der Waals surface area contributed by atoms with Gasteiger partial charge < -0.3 is 5.73 Å². The van der Waals surface area contributed by atoms with Gasteiger partial charge in [-0.2, -0.15) is 0 Å². The largest absolute Gasteiger partial charge is 0.324 e. The fraction of sp³-hybridized carbons (Fsp3) is 0.500. The van der Waals surface area contributed by atoms with E-state index >= 15 is 0 Å². The van der Waals surface area contributed by atoms with Gasteiger partial charge in [0.25, 0.3) is 0 Å². The van der Waals surface area contributed by atoms with E-state index in [1.165, 1.54) is 0 Å². The Labute approximate surface area is 93.5 Å². The van der Waals surface area contributed by atoms with Gasteiger partial charge in [0.1, 0.15) is 0 Å². The minimum atomic E-state index is -1.44. The van der Waals surface area contributed by atoms with Crippen LogP contribution in [-0.4, -0.2) is 0 Å². The summed E-state index contributed by atoms with van der Waals surface area (Å²) in [7, 11) is 0. The Kier molecular flexibility index (Phi) is 4.80. The van der Waals surface area contributed by atoms with E-state index in [0.29, 0.717) is 12.0 Å². The molecule has 0 spiro atoms. The summed E-state index contributed by atoms with van der Waals surface area (Å²) in [5.74, 6) is -3.80. The van der Waals surface area contributed by atoms with Gasteiger partial charge in [-0.3, -0.25) is 0 Å². The standard InChI is InChI=1S/C12H16F3N/c1-2-3-4-5-11(16)8-6-9(13)12(15)10(14)7-8/h6-7,11H,2-5,16H2,1H3/t11-/m0/s1. The minimum absolute atomic E-state index is 0.313. The first-order valence-electron chi connectivity index (χ1n) is 5.46. The molecule has 0 saturated heterocycles. The van der Waals surface area contributed by atoms with Crippen LogP contribution in [0.3, 0.4) is 0 Å². The normalized spacial score (nSPS) is 12.8. The number of halogens is 3. The summed E-state index contributed by atoms with van der Waals surface area (Å²) in [5, 5.41) is 0. The Morgan fingerprint density at radius 1 is 1.12 bits per heavy atom. The van der Waals surface area contributed by atoms with E-state index in [4.69, 9.17) is 5.73 Å². The Morgan fingerprint density at radius 2 is 1.69 bits per heavy atom. The van der Waals surface area contributed by atoms with Crippen LogP contribution >= 0.6 is 0 Å². The molecule has 0 saturated carbocycles. The van der Waals surface area contributed by atoms with Crippen LogP contribution in [0.25, 0.3) is 0 Å². The second-order valence-electron chi connectivity index (χ2n) is 3.90. The summed E-state index contributed by atoms with van der Waals surface area (Å²) in [6.07, 6.45) is 3.63. The average molecular weight is 231 g/mol. The molecular formula is C12H16F3N. The Balaban J connectivity index is 2.72. The van der Waals surface area contributed by atoms with Gasteiger partial charge in [-0.05, 0) is 24.1 Å². The molecule has 4 heteroatoms. The molecule has 0 radical (unpaired) electrons. The van der Waals surface area contributed by atoms with E-state index in [2.05, 4.69) is 6.92 Å². The van der Waals surface area contributed by atoms with Gasteiger partial charge in [0.15, 0.2) is 17.5 Å². The van der Waals surface area contributed by atoms with Crippen LogP contribution in [0.1, 0.15) is 44.2 Å². The topological polar surface area (TPSA) is 26.0 Å². The molecule has 90 valence electrons. The first kappa shape index (κ1) is 13.0. The highest BCUT2D eigenvalue weighted by Crippen LogP contribution is 2.21. The highest BCUT2D eigenvalue weighted by Gasteiger charge is 2.14. The van der Waals surface area contributed by atoms with Gasteiger partial charge in [0.05, 0.1) is 0 Å². The van der Waals surface area contributed by atoms with E-state index in [9.17, 15) is 13.2 Å². The molecule has 0 amide bonds. The van der Waals surface area contributed by atoms with Crippen molar-refractivity contribution in [1.29, 1.82) is 0 Å². The highest BCUT2D eigenvalue weighted by molar-refractivity contribution is 5.22. The number of nitrogens with two attached hydrogens (primary N) is 1. The van der Waals surface area contributed by atoms with Crippen LogP contribution < -0.4 is 5.73 Å². The third kappa shape index (κ3) is 3.23. The zero-order chi connectivity index (χ0) is 12.1. The molecule has 1 nitrogen and oxygen atoms in total. The van der Waals surface area contributed by atoms with Crippen molar-refractivity contribution < 1.29 is 13.2 Å². The Bertz CT molecular complexity index is 329. The quantitative estimate of drug-likeness (QED) is 0.607. The van der Waals surface area contributed by atoms with E-state index in [-0.39, 0.29) is 0 Å². The van der Waals surface area contributed by atoms with Crippen molar-refractivity contribution in [2.24, 2.45) is 5.73 Å². The monoisotopic (exact) mass is 231 g/mol. The van der Waals surface area contributed by atoms with Gasteiger partial charge in [0, 0.05) is 6.04 Å². The summed E-state index contributed by atoms with van der Waals surface area (Å²) in [6, 6.07) is 1.50. The van der Waals surface area contributed by atoms with Crippen LogP contribution in [0, 0.1) is 17.5 Å². The fourth-order valence-electron chi connectivity index (χ4n) is 1.57. The second kappa shape index (κ2) is 5.89. The number of benzene rings is 1. The predicted octanol–water partition coefficient (Wildman–Crippen LogP) is 3.68. The number of unbranched alkanes of at least 4 members (excludes halogenated alkanes) is 2. The van der Waals surface area contributed by atoms with Gasteiger partial charge in [-0.15, -0.1) is 0 Å². The zero-order valence-corrected chi connectivity index (χ0v) is 9.27. The Morgan fingerprint density at radius 3 is 2.19 bits per heavy atom. The molecule has 0 bridgehead atoms. The molecule has 0 aliphatic heterocycles. The van der Waals surface area contributed by atoms with Crippen molar-refractivity contribution in [3.8, 4) is 0 Å². The average Bonchev–Trinajstić information content (AvgIpc) is 2.25. The molecule has 0 fully saturated rings. The maximum absolute atomic E-state index is 12.9. The number of hydrogen-bond donors (Lipinski definition) is 1. The minimum Gasteiger partial charge on any atom is -0.324 e. The summed E-state index contributed by atoms with van der Waals surface area (Å²) in [5.41, 5.74) is 6.08. The molecule has 1 rings (SSSR count). The molecule has 1 aromatic carbocycles. The molecule has 1 aromatic rings. The summed E-state index contributed by atoms with van der Waals surface area (Å²) >= 11 is 0. The lowest BCUT2D eigenvalue weighted by Crippen LogP contribution is -2.11. The fourth-order valence-corrected chi connectivity index (χ4v) is 1.57. The van der Waals surface area contributed by atoms with Gasteiger partial charge in [-0.1, -0.05) is 26.2 Å². The molecule has 16 heavy (non-hydrogen) atoms. The lowest BCUT2D eigenvalue weighted by atomic mass is 10.0. The molecule has 0 heterocycles. The first-order chi connectivity index (χ1) is 7.56. The van der Waals surface area contributed by atoms with Crippen molar-refractivity contribution in [3.05, 3.63) is 35.1 Å². The molecule has 0 aromatic heterocycles. The Hall–Kier alpha value is -1.03. The van der Waals surface area contributed by atoms with Crippen molar-refractivity contribution in [2.75, 3.05) is 0 Å². The van der Waals surface area contributed by atoms with E-state index in [1.807, 2.05) is 0 Å². The second-order valence-corrected chi connectivity index (χ2v) is 3.90. The van der Waals surface area contributed by atoms with Gasteiger partial charge in [0.2, 0.25) is 0 Å². The predicted molar refractivity (Wildman–Crippen MR) is 57.4 cm³/mol. The highest BCUT2D eigenvalue weighted by atomic mass is 19.2. The molecular weight excluding hydrogens is 215 g/mol. The third-order valence-corrected chi connectivity index (χ3v) is 2.55. The molecule has 0 unspecified atom stereocenters. The lowest BCUT2D eigenvalue weighted by molar-refractivity contribution is 0.442. The lowest BCUT2D eigenvalue weighted by Gasteiger charge is -2.12. The third-order valence-electron chi connectivity index (χ3n) is 2.55. The summed E-state index contributed by atoms with van der Waals surface area (Å²) in [6.45, 7) is 2.06.